The molecule has 0 nitrogen and oxygen atoms in total. The van der Waals surface area contributed by atoms with Gasteiger partial charge in [-0.05, 0) is 0 Å². The Kier molecular flexibility index (Phi) is 120. The van der Waals surface area contributed by atoms with Crippen molar-refractivity contribution < 1.29 is 88.2 Å². The van der Waals surface area contributed by atoms with Crippen LogP contribution in [0, 0.1) is 0 Å². The van der Waals surface area contributed by atoms with Gasteiger partial charge in [-0.2, -0.15) is 0 Å². The molecule has 0 aromatic heterocycles. The summed E-state index contributed by atoms with van der Waals surface area (Å²) in [6, 6.07) is 0. The van der Waals surface area contributed by atoms with Gasteiger partial charge in [0.2, 0.25) is 0 Å². The van der Waals surface area contributed by atoms with Crippen molar-refractivity contribution in [2.24, 2.45) is 0 Å². The molecule has 4 heteroatoms. The SMILES string of the molecule is [Ag].[Ag].[Au].[Pt]. The molecule has 0 aliphatic carbocycles. The summed E-state index contributed by atoms with van der Waals surface area (Å²) in [6.07, 6.45) is 0. The number of hydrogen-bond acceptors (Lipinski definition) is 0. The van der Waals surface area contributed by atoms with Crippen molar-refractivity contribution in [1.82, 2.24) is 0 Å². The molecule has 0 saturated heterocycles. The summed E-state index contributed by atoms with van der Waals surface area (Å²) in [7, 11) is 0. The zero-order valence-corrected chi connectivity index (χ0v) is 8.62. The Balaban J connectivity index is 0. The second-order valence-electron chi connectivity index (χ2n) is 0. The summed E-state index contributed by atoms with van der Waals surface area (Å²) >= 11 is 0. The van der Waals surface area contributed by atoms with Gasteiger partial charge < -0.3 is 0 Å². The van der Waals surface area contributed by atoms with E-state index >= 15 is 0 Å². The van der Waals surface area contributed by atoms with E-state index in [4.69, 9.17) is 0 Å². The molecule has 43 valence electrons. The van der Waals surface area contributed by atoms with Gasteiger partial charge in [0, 0.05) is 88.2 Å². The van der Waals surface area contributed by atoms with E-state index in [1.165, 1.54) is 0 Å². The summed E-state index contributed by atoms with van der Waals surface area (Å²) in [6.45, 7) is 0. The third-order valence-electron chi connectivity index (χ3n) is 0. The van der Waals surface area contributed by atoms with Gasteiger partial charge in [0.05, 0.1) is 0 Å². The zero-order valence-electron chi connectivity index (χ0n) is 1.22. The molecule has 0 amide bonds. The zero-order chi connectivity index (χ0) is 0. The molecule has 0 bridgehead atoms. The molecule has 0 aliphatic rings. The molecule has 0 fully saturated rings. The molecule has 4 heavy (non-hydrogen) atoms. The monoisotopic (exact) mass is 606 g/mol. The summed E-state index contributed by atoms with van der Waals surface area (Å²) in [5.74, 6) is 0. The predicted molar refractivity (Wildman–Crippen MR) is 0 cm³/mol. The van der Waals surface area contributed by atoms with Crippen LogP contribution in [0.25, 0.3) is 0 Å². The summed E-state index contributed by atoms with van der Waals surface area (Å²) < 4.78 is 0. The maximum Gasteiger partial charge on any atom is 0 e. The minimum atomic E-state index is 0. The van der Waals surface area contributed by atoms with Gasteiger partial charge in [-0.25, -0.2) is 0 Å². The van der Waals surface area contributed by atoms with Crippen LogP contribution >= 0.6 is 0 Å². The van der Waals surface area contributed by atoms with Crippen molar-refractivity contribution in [3.05, 3.63) is 0 Å². The summed E-state index contributed by atoms with van der Waals surface area (Å²) in [4.78, 5) is 0. The van der Waals surface area contributed by atoms with Gasteiger partial charge in [-0.3, -0.25) is 0 Å². The van der Waals surface area contributed by atoms with Crippen LogP contribution in [-0.2, 0) is 88.2 Å². The van der Waals surface area contributed by atoms with Crippen LogP contribution in [0.2, 0.25) is 0 Å². The Morgan fingerprint density at radius 1 is 0.750 bits per heavy atom. The first-order valence-corrected chi connectivity index (χ1v) is 0. The molecule has 0 heterocycles. The van der Waals surface area contributed by atoms with E-state index in [1.54, 1.807) is 0 Å². The van der Waals surface area contributed by atoms with Gasteiger partial charge in [-0.1, -0.05) is 0 Å². The van der Waals surface area contributed by atoms with Crippen LogP contribution in [0.3, 0.4) is 0 Å². The second kappa shape index (κ2) is 16.8. The van der Waals surface area contributed by atoms with Crippen LogP contribution in [-0.4, -0.2) is 0 Å². The van der Waals surface area contributed by atoms with Gasteiger partial charge >= 0.3 is 0 Å². The van der Waals surface area contributed by atoms with E-state index in [0.717, 1.165) is 0 Å². The Labute approximate surface area is 86.7 Å². The van der Waals surface area contributed by atoms with E-state index in [-0.39, 0.29) is 88.2 Å². The second-order valence-corrected chi connectivity index (χ2v) is 0. The Hall–Kier alpha value is 2.91. The van der Waals surface area contributed by atoms with Gasteiger partial charge in [0.1, 0.15) is 0 Å². The molecular weight excluding hydrogens is 608 g/mol. The van der Waals surface area contributed by atoms with Crippen molar-refractivity contribution >= 4 is 0 Å². The normalized spacial score (nSPS) is 0. The smallest absolute Gasteiger partial charge is 0 e. The maximum absolute atomic E-state index is 0. The van der Waals surface area contributed by atoms with Gasteiger partial charge in [-0.15, -0.1) is 0 Å². The Morgan fingerprint density at radius 3 is 0.750 bits per heavy atom. The van der Waals surface area contributed by atoms with Crippen molar-refractivity contribution in [3.63, 3.8) is 0 Å². The van der Waals surface area contributed by atoms with E-state index in [0.29, 0.717) is 0 Å². The third-order valence-corrected chi connectivity index (χ3v) is 0. The first-order chi connectivity index (χ1) is 0. The first-order valence-electron chi connectivity index (χ1n) is 0. The van der Waals surface area contributed by atoms with Gasteiger partial charge in [0.15, 0.2) is 0 Å². The average molecular weight is 608 g/mol. The van der Waals surface area contributed by atoms with Crippen molar-refractivity contribution in [1.29, 1.82) is 0 Å². The van der Waals surface area contributed by atoms with E-state index in [2.05, 4.69) is 0 Å². The minimum absolute atomic E-state index is 0. The fourth-order valence-electron chi connectivity index (χ4n) is 0. The minimum Gasteiger partial charge on any atom is 0 e. The molecule has 0 aromatic carbocycles. The molecule has 0 aromatic rings. The standard InChI is InChI=1S/2Ag.Au.Pt. The maximum atomic E-state index is 0. The predicted octanol–water partition coefficient (Wildman–Crippen LogP) is -0.0100. The Bertz CT molecular complexity index is 6.00. The Morgan fingerprint density at radius 2 is 0.750 bits per heavy atom. The quantitative estimate of drug-likeness (QED) is 0.340. The fraction of sp³-hybridized carbons (Fsp3) is 0. The van der Waals surface area contributed by atoms with Crippen LogP contribution in [0.15, 0.2) is 0 Å². The molecule has 0 unspecified atom stereocenters. The van der Waals surface area contributed by atoms with Crippen LogP contribution in [0.5, 0.6) is 0 Å². The van der Waals surface area contributed by atoms with E-state index in [9.17, 15) is 0 Å². The topological polar surface area (TPSA) is 0 Å². The number of rotatable bonds is 0. The molecule has 0 atom stereocenters. The first kappa shape index (κ1) is 28.5. The van der Waals surface area contributed by atoms with E-state index < -0.39 is 0 Å². The third kappa shape index (κ3) is 8.86. The van der Waals surface area contributed by atoms with Crippen molar-refractivity contribution in [3.8, 4) is 0 Å². The molecule has 0 rings (SSSR count). The molecule has 0 aliphatic heterocycles. The molecule has 0 N–H and O–H groups in total. The van der Waals surface area contributed by atoms with Crippen LogP contribution in [0.4, 0.5) is 0 Å². The van der Waals surface area contributed by atoms with Crippen LogP contribution in [0.1, 0.15) is 0 Å². The van der Waals surface area contributed by atoms with Gasteiger partial charge in [0.25, 0.3) is 0 Å². The summed E-state index contributed by atoms with van der Waals surface area (Å²) in [5.41, 5.74) is 0. The molecular formula is Ag2AuPt. The summed E-state index contributed by atoms with van der Waals surface area (Å²) in [5, 5.41) is 0. The molecule has 0 saturated carbocycles. The van der Waals surface area contributed by atoms with Crippen molar-refractivity contribution in [2.75, 3.05) is 0 Å². The van der Waals surface area contributed by atoms with E-state index in [1.807, 2.05) is 0 Å². The average Bonchev–Trinajstić information content (AvgIpc) is 0. The van der Waals surface area contributed by atoms with Crippen LogP contribution < -0.4 is 0 Å². The largest absolute Gasteiger partial charge is 0 e. The fourth-order valence-corrected chi connectivity index (χ4v) is 0. The number of hydrogen-bond donors (Lipinski definition) is 0. The van der Waals surface area contributed by atoms with Crippen molar-refractivity contribution in [2.45, 2.75) is 0 Å². The molecule has 3 radical (unpaired) electrons. The molecule has 0 spiro atoms.